The lowest BCUT2D eigenvalue weighted by molar-refractivity contribution is -0.147. The third-order valence-electron chi connectivity index (χ3n) is 3.94. The van der Waals surface area contributed by atoms with E-state index in [1.165, 1.54) is 12.3 Å². The van der Waals surface area contributed by atoms with Crippen LogP contribution in [0.25, 0.3) is 11.0 Å². The first kappa shape index (κ1) is 17.7. The van der Waals surface area contributed by atoms with Gasteiger partial charge in [0.05, 0.1) is 12.7 Å². The number of fused-ring (bicyclic) bond motifs is 1. The molecule has 1 amide bonds. The zero-order valence-electron chi connectivity index (χ0n) is 14.3. The van der Waals surface area contributed by atoms with Gasteiger partial charge in [-0.1, -0.05) is 30.3 Å². The lowest BCUT2D eigenvalue weighted by atomic mass is 10.1. The normalized spacial score (nSPS) is 10.7. The second-order valence-corrected chi connectivity index (χ2v) is 5.97. The summed E-state index contributed by atoms with van der Waals surface area (Å²) in [6.07, 6.45) is 1.53. The van der Waals surface area contributed by atoms with E-state index in [-0.39, 0.29) is 13.0 Å². The molecular weight excluding hydrogens is 337 g/mol. The Kier molecular flexibility index (Phi) is 5.31. The highest BCUT2D eigenvalue weighted by Gasteiger charge is 2.13. The number of amides is 1. The van der Waals surface area contributed by atoms with Crippen molar-refractivity contribution < 1.29 is 23.1 Å². The lowest BCUT2D eigenvalue weighted by Gasteiger charge is -2.07. The third kappa shape index (κ3) is 4.27. The van der Waals surface area contributed by atoms with Crippen molar-refractivity contribution in [1.29, 1.82) is 0 Å². The Hall–Kier alpha value is -3.15. The first-order valence-electron chi connectivity index (χ1n) is 8.15. The second kappa shape index (κ2) is 7.82. The van der Waals surface area contributed by atoms with Gasteiger partial charge in [-0.2, -0.15) is 0 Å². The Balaban J connectivity index is 1.49. The Bertz CT molecular complexity index is 948. The number of hydrogen-bond acceptors (Lipinski definition) is 4. The summed E-state index contributed by atoms with van der Waals surface area (Å²) in [5.74, 6) is -1.42. The van der Waals surface area contributed by atoms with E-state index in [0.717, 1.165) is 10.9 Å². The van der Waals surface area contributed by atoms with E-state index in [0.29, 0.717) is 16.7 Å². The van der Waals surface area contributed by atoms with Crippen LogP contribution in [-0.4, -0.2) is 18.5 Å². The molecule has 134 valence electrons. The van der Waals surface area contributed by atoms with Gasteiger partial charge in [-0.05, 0) is 24.6 Å². The number of esters is 1. The highest BCUT2D eigenvalue weighted by Crippen LogP contribution is 2.22. The predicted octanol–water partition coefficient (Wildman–Crippen LogP) is 3.28. The highest BCUT2D eigenvalue weighted by molar-refractivity contribution is 5.87. The van der Waals surface area contributed by atoms with Gasteiger partial charge in [0.25, 0.3) is 5.91 Å². The number of benzene rings is 2. The van der Waals surface area contributed by atoms with E-state index < -0.39 is 24.3 Å². The average Bonchev–Trinajstić information content (AvgIpc) is 3.01. The van der Waals surface area contributed by atoms with Gasteiger partial charge in [0.15, 0.2) is 6.61 Å². The molecule has 0 saturated carbocycles. The molecule has 0 spiro atoms. The SMILES string of the molecule is Cc1ccc2c(CC(=O)OCC(=O)NCc3ccccc3F)coc2c1. The molecule has 0 radical (unpaired) electrons. The van der Waals surface area contributed by atoms with Crippen molar-refractivity contribution in [3.8, 4) is 0 Å². The molecule has 5 nitrogen and oxygen atoms in total. The maximum Gasteiger partial charge on any atom is 0.310 e. The zero-order chi connectivity index (χ0) is 18.5. The van der Waals surface area contributed by atoms with Crippen molar-refractivity contribution >= 4 is 22.8 Å². The molecule has 1 heterocycles. The van der Waals surface area contributed by atoms with Crippen LogP contribution < -0.4 is 5.32 Å². The zero-order valence-corrected chi connectivity index (χ0v) is 14.3. The molecule has 1 N–H and O–H groups in total. The Morgan fingerprint density at radius 2 is 1.96 bits per heavy atom. The van der Waals surface area contributed by atoms with Crippen LogP contribution in [0.5, 0.6) is 0 Å². The van der Waals surface area contributed by atoms with Gasteiger partial charge in [0, 0.05) is 23.1 Å². The number of ether oxygens (including phenoxy) is 1. The number of furan rings is 1. The molecule has 0 fully saturated rings. The molecule has 1 aromatic heterocycles. The first-order valence-corrected chi connectivity index (χ1v) is 8.15. The van der Waals surface area contributed by atoms with Crippen molar-refractivity contribution in [3.05, 3.63) is 71.2 Å². The van der Waals surface area contributed by atoms with Gasteiger partial charge in [-0.3, -0.25) is 9.59 Å². The number of carbonyl (C=O) groups is 2. The van der Waals surface area contributed by atoms with Crippen LogP contribution in [-0.2, 0) is 27.3 Å². The fraction of sp³-hybridized carbons (Fsp3) is 0.200. The topological polar surface area (TPSA) is 68.5 Å². The molecule has 26 heavy (non-hydrogen) atoms. The van der Waals surface area contributed by atoms with Gasteiger partial charge in [0.1, 0.15) is 11.4 Å². The molecule has 6 heteroatoms. The molecule has 0 unspecified atom stereocenters. The minimum Gasteiger partial charge on any atom is -0.464 e. The van der Waals surface area contributed by atoms with Gasteiger partial charge < -0.3 is 14.5 Å². The van der Waals surface area contributed by atoms with Gasteiger partial charge in [-0.25, -0.2) is 4.39 Å². The Morgan fingerprint density at radius 3 is 2.77 bits per heavy atom. The van der Waals surface area contributed by atoms with E-state index in [9.17, 15) is 14.0 Å². The number of hydrogen-bond donors (Lipinski definition) is 1. The molecule has 2 aromatic carbocycles. The minimum atomic E-state index is -0.533. The molecular formula is C20H18FNO4. The molecule has 0 aliphatic rings. The lowest BCUT2D eigenvalue weighted by Crippen LogP contribution is -2.29. The standard InChI is InChI=1S/C20H18FNO4/c1-13-6-7-16-15(11-25-18(16)8-13)9-20(24)26-12-19(23)22-10-14-4-2-3-5-17(14)21/h2-8,11H,9-10,12H2,1H3,(H,22,23). The summed E-state index contributed by atoms with van der Waals surface area (Å²) in [6, 6.07) is 11.9. The monoisotopic (exact) mass is 355 g/mol. The Labute approximate surface area is 149 Å². The molecule has 0 aliphatic heterocycles. The fourth-order valence-corrected chi connectivity index (χ4v) is 2.57. The maximum atomic E-state index is 13.5. The largest absolute Gasteiger partial charge is 0.464 e. The summed E-state index contributed by atoms with van der Waals surface area (Å²) in [7, 11) is 0. The number of carbonyl (C=O) groups excluding carboxylic acids is 2. The van der Waals surface area contributed by atoms with Crippen LogP contribution in [0.2, 0.25) is 0 Å². The van der Waals surface area contributed by atoms with E-state index in [2.05, 4.69) is 5.32 Å². The average molecular weight is 355 g/mol. The second-order valence-electron chi connectivity index (χ2n) is 5.97. The summed E-state index contributed by atoms with van der Waals surface area (Å²) in [4.78, 5) is 23.7. The summed E-state index contributed by atoms with van der Waals surface area (Å²) >= 11 is 0. The molecule has 0 bridgehead atoms. The van der Waals surface area contributed by atoms with Crippen molar-refractivity contribution in [2.45, 2.75) is 19.9 Å². The van der Waals surface area contributed by atoms with Crippen molar-refractivity contribution in [2.24, 2.45) is 0 Å². The number of nitrogens with one attached hydrogen (secondary N) is 1. The fourth-order valence-electron chi connectivity index (χ4n) is 2.57. The van der Waals surface area contributed by atoms with Crippen molar-refractivity contribution in [1.82, 2.24) is 5.32 Å². The predicted molar refractivity (Wildman–Crippen MR) is 93.9 cm³/mol. The van der Waals surface area contributed by atoms with E-state index in [1.807, 2.05) is 25.1 Å². The number of rotatable bonds is 6. The maximum absolute atomic E-state index is 13.5. The molecule has 0 atom stereocenters. The number of halogens is 1. The van der Waals surface area contributed by atoms with Crippen molar-refractivity contribution in [3.63, 3.8) is 0 Å². The van der Waals surface area contributed by atoms with E-state index in [1.54, 1.807) is 18.2 Å². The van der Waals surface area contributed by atoms with Crippen LogP contribution in [0.1, 0.15) is 16.7 Å². The third-order valence-corrected chi connectivity index (χ3v) is 3.94. The highest BCUT2D eigenvalue weighted by atomic mass is 19.1. The quantitative estimate of drug-likeness (QED) is 0.689. The minimum absolute atomic E-state index is 0.0106. The molecule has 3 rings (SSSR count). The molecule has 3 aromatic rings. The summed E-state index contributed by atoms with van der Waals surface area (Å²) in [5, 5.41) is 3.36. The number of aryl methyl sites for hydroxylation is 1. The summed E-state index contributed by atoms with van der Waals surface area (Å²) < 4.78 is 23.9. The Morgan fingerprint density at radius 1 is 1.15 bits per heavy atom. The summed E-state index contributed by atoms with van der Waals surface area (Å²) in [6.45, 7) is 1.58. The van der Waals surface area contributed by atoms with Crippen LogP contribution in [0.4, 0.5) is 4.39 Å². The van der Waals surface area contributed by atoms with Crippen LogP contribution in [0, 0.1) is 12.7 Å². The van der Waals surface area contributed by atoms with Gasteiger partial charge in [0.2, 0.25) is 0 Å². The molecule has 0 aliphatic carbocycles. The van der Waals surface area contributed by atoms with Gasteiger partial charge in [-0.15, -0.1) is 0 Å². The van der Waals surface area contributed by atoms with Crippen molar-refractivity contribution in [2.75, 3.05) is 6.61 Å². The summed E-state index contributed by atoms with van der Waals surface area (Å²) in [5.41, 5.74) is 2.84. The first-order chi connectivity index (χ1) is 12.5. The van der Waals surface area contributed by atoms with Crippen LogP contribution in [0.15, 0.2) is 53.1 Å². The van der Waals surface area contributed by atoms with Crippen LogP contribution >= 0.6 is 0 Å². The van der Waals surface area contributed by atoms with Crippen LogP contribution in [0.3, 0.4) is 0 Å². The van der Waals surface area contributed by atoms with E-state index in [4.69, 9.17) is 9.15 Å². The molecule has 0 saturated heterocycles. The van der Waals surface area contributed by atoms with E-state index >= 15 is 0 Å². The van der Waals surface area contributed by atoms with Gasteiger partial charge >= 0.3 is 5.97 Å². The smallest absolute Gasteiger partial charge is 0.310 e.